The average molecular weight is 1380 g/mol. The molecule has 3 heterocycles. The number of likely N-dealkylation sites (N-methyl/N-ethyl adjacent to an activating group) is 2. The number of alkyl halides is 6. The summed E-state index contributed by atoms with van der Waals surface area (Å²) in [6.45, 7) is 5.77. The molecular formula is C76H89F7N8O8. The number of ether oxygens (including phenoxy) is 2. The van der Waals surface area contributed by atoms with Gasteiger partial charge in [0.05, 0.1) is 29.5 Å². The van der Waals surface area contributed by atoms with Gasteiger partial charge in [0.1, 0.15) is 24.8 Å². The summed E-state index contributed by atoms with van der Waals surface area (Å²) < 4.78 is 110. The number of carbonyl (C=O) groups excluding carboxylic acids is 4. The number of anilines is 1. The van der Waals surface area contributed by atoms with Gasteiger partial charge in [0.15, 0.2) is 0 Å². The molecule has 6 aromatic carbocycles. The van der Waals surface area contributed by atoms with E-state index in [1.165, 1.54) is 29.2 Å². The summed E-state index contributed by atoms with van der Waals surface area (Å²) in [5.41, 5.74) is 1.16. The van der Waals surface area contributed by atoms with Crippen LogP contribution < -0.4 is 4.90 Å². The van der Waals surface area contributed by atoms with Crippen molar-refractivity contribution in [3.63, 3.8) is 0 Å². The van der Waals surface area contributed by atoms with Crippen LogP contribution in [0, 0.1) is 5.82 Å². The van der Waals surface area contributed by atoms with Crippen LogP contribution in [-0.2, 0) is 55.4 Å². The molecule has 0 radical (unpaired) electrons. The highest BCUT2D eigenvalue weighted by atomic mass is 19.4. The van der Waals surface area contributed by atoms with Crippen LogP contribution in [0.5, 0.6) is 0 Å². The number of nitrogens with zero attached hydrogens (tertiary/aromatic N) is 8. The molecule has 5 amide bonds. The van der Waals surface area contributed by atoms with E-state index in [1.54, 1.807) is 28.8 Å². The Bertz CT molecular complexity index is 3720. The first-order valence-electron chi connectivity index (χ1n) is 34.1. The molecular weight excluding hydrogens is 1290 g/mol. The normalized spacial score (nSPS) is 18.2. The lowest BCUT2D eigenvalue weighted by atomic mass is 9.72. The van der Waals surface area contributed by atoms with Crippen molar-refractivity contribution in [3.8, 4) is 11.1 Å². The van der Waals surface area contributed by atoms with E-state index in [1.807, 2.05) is 105 Å². The molecule has 99 heavy (non-hydrogen) atoms. The molecule has 16 nitrogen and oxygen atoms in total. The smallest absolute Gasteiger partial charge is 0.416 e. The van der Waals surface area contributed by atoms with Gasteiger partial charge in [-0.2, -0.15) is 26.3 Å². The number of carbonyl (C=O) groups is 5. The third-order valence-electron chi connectivity index (χ3n) is 20.4. The molecule has 0 bridgehead atoms. The van der Waals surface area contributed by atoms with E-state index in [2.05, 4.69) is 26.8 Å². The number of likely N-dealkylation sites (tertiary alicyclic amines) is 2. The van der Waals surface area contributed by atoms with Crippen LogP contribution in [-0.4, -0.2) is 195 Å². The van der Waals surface area contributed by atoms with Crippen LogP contribution in [0.15, 0.2) is 146 Å². The highest BCUT2D eigenvalue weighted by Gasteiger charge is 2.50. The summed E-state index contributed by atoms with van der Waals surface area (Å²) >= 11 is 0. The molecule has 1 N–H and O–H groups in total. The van der Waals surface area contributed by atoms with E-state index in [9.17, 15) is 59.8 Å². The van der Waals surface area contributed by atoms with Crippen molar-refractivity contribution in [2.45, 2.75) is 113 Å². The summed E-state index contributed by atoms with van der Waals surface area (Å²) in [5, 5.41) is 10.4. The first-order valence-corrected chi connectivity index (χ1v) is 34.1. The van der Waals surface area contributed by atoms with E-state index in [4.69, 9.17) is 9.47 Å². The van der Waals surface area contributed by atoms with E-state index in [-0.39, 0.29) is 55.5 Å². The van der Waals surface area contributed by atoms with Crippen LogP contribution in [0.2, 0.25) is 0 Å². The van der Waals surface area contributed by atoms with Gasteiger partial charge in [-0.25, -0.2) is 9.18 Å². The molecule has 0 unspecified atom stereocenters. The summed E-state index contributed by atoms with van der Waals surface area (Å²) in [6, 6.07) is 39.3. The van der Waals surface area contributed by atoms with Crippen molar-refractivity contribution >= 4 is 35.4 Å². The zero-order valence-corrected chi connectivity index (χ0v) is 56.7. The Kier molecular flexibility index (Phi) is 24.1. The molecule has 0 saturated carbocycles. The van der Waals surface area contributed by atoms with Gasteiger partial charge in [-0.1, -0.05) is 110 Å². The molecule has 0 aromatic heterocycles. The Morgan fingerprint density at radius 3 is 1.97 bits per heavy atom. The second-order valence-electron chi connectivity index (χ2n) is 27.0. The molecule has 3 saturated heterocycles. The number of para-hydroxylation sites is 1. The monoisotopic (exact) mass is 1370 g/mol. The Labute approximate surface area is 574 Å². The van der Waals surface area contributed by atoms with Crippen LogP contribution in [0.3, 0.4) is 0 Å². The summed E-state index contributed by atoms with van der Waals surface area (Å²) in [7, 11) is 7.36. The molecule has 3 fully saturated rings. The van der Waals surface area contributed by atoms with E-state index in [0.29, 0.717) is 120 Å². The highest BCUT2D eigenvalue weighted by Crippen LogP contribution is 2.49. The maximum absolute atomic E-state index is 14.3. The maximum atomic E-state index is 14.3. The Hall–Kier alpha value is -8.22. The van der Waals surface area contributed by atoms with Crippen molar-refractivity contribution in [3.05, 3.63) is 196 Å². The first kappa shape index (κ1) is 73.5. The maximum Gasteiger partial charge on any atom is 0.416 e. The van der Waals surface area contributed by atoms with Gasteiger partial charge in [0.25, 0.3) is 11.8 Å². The molecule has 1 aliphatic carbocycles. The number of piperidine rings is 2. The number of hydrogen-bond donors (Lipinski definition) is 1. The Balaban J connectivity index is 0.634. The van der Waals surface area contributed by atoms with E-state index in [0.717, 1.165) is 78.2 Å². The van der Waals surface area contributed by atoms with Gasteiger partial charge in [0, 0.05) is 108 Å². The number of hydrogen-bond acceptors (Lipinski definition) is 10. The van der Waals surface area contributed by atoms with Crippen molar-refractivity contribution in [2.24, 2.45) is 0 Å². The number of halogens is 7. The van der Waals surface area contributed by atoms with Crippen LogP contribution in [0.25, 0.3) is 11.1 Å². The quantitative estimate of drug-likeness (QED) is 0.0388. The minimum atomic E-state index is -5.15. The largest absolute Gasteiger partial charge is 0.465 e. The van der Waals surface area contributed by atoms with Gasteiger partial charge in [-0.05, 0) is 155 Å². The molecule has 3 aliphatic heterocycles. The van der Waals surface area contributed by atoms with E-state index >= 15 is 0 Å². The molecule has 23 heteroatoms. The zero-order valence-electron chi connectivity index (χ0n) is 56.7. The molecule has 2 atom stereocenters. The van der Waals surface area contributed by atoms with Crippen LogP contribution in [0.1, 0.15) is 118 Å². The second-order valence-corrected chi connectivity index (χ2v) is 27.0. The predicted octanol–water partition coefficient (Wildman–Crippen LogP) is 12.9. The number of amides is 5. The molecule has 530 valence electrons. The summed E-state index contributed by atoms with van der Waals surface area (Å²) in [5.74, 6) is -1.82. The van der Waals surface area contributed by atoms with Crippen molar-refractivity contribution in [1.82, 2.24) is 34.3 Å². The number of carboxylic acid groups (broad SMARTS) is 1. The topological polar surface area (TPSA) is 150 Å². The van der Waals surface area contributed by atoms with E-state index < -0.39 is 64.6 Å². The van der Waals surface area contributed by atoms with Crippen molar-refractivity contribution in [2.75, 3.05) is 118 Å². The van der Waals surface area contributed by atoms with Gasteiger partial charge in [-0.15, -0.1) is 0 Å². The summed E-state index contributed by atoms with van der Waals surface area (Å²) in [4.78, 5) is 81.8. The van der Waals surface area contributed by atoms with Gasteiger partial charge < -0.3 is 48.9 Å². The molecule has 4 aliphatic rings. The minimum Gasteiger partial charge on any atom is -0.465 e. The van der Waals surface area contributed by atoms with Crippen molar-refractivity contribution < 1.29 is 69.3 Å². The van der Waals surface area contributed by atoms with Crippen molar-refractivity contribution in [1.29, 1.82) is 0 Å². The van der Waals surface area contributed by atoms with Gasteiger partial charge >= 0.3 is 18.4 Å². The number of unbranched alkanes of at least 4 members (excludes halogenated alkanes) is 2. The minimum absolute atomic E-state index is 0.0282. The fraction of sp³-hybridized carbons (Fsp3) is 0.461. The lowest BCUT2D eigenvalue weighted by Gasteiger charge is -2.44. The van der Waals surface area contributed by atoms with Gasteiger partial charge in [-0.3, -0.25) is 24.1 Å². The van der Waals surface area contributed by atoms with Crippen LogP contribution in [0.4, 0.5) is 41.2 Å². The number of rotatable bonds is 27. The Morgan fingerprint density at radius 1 is 0.646 bits per heavy atom. The lowest BCUT2D eigenvalue weighted by Crippen LogP contribution is -2.50. The third kappa shape index (κ3) is 18.0. The Morgan fingerprint density at radius 2 is 1.27 bits per heavy atom. The average Bonchev–Trinajstić information content (AvgIpc) is 1.60. The zero-order chi connectivity index (χ0) is 70.7. The first-order chi connectivity index (χ1) is 47.3. The SMILES string of the molecule is CN(CCCCCC(=O)N(C)CCN1CCC(N(C(=O)O)c2ccccc2-c2ccccc2)CC1)Cc1ccccc1C(=O)N(C)CCCN(C)C(=O)CO[C@H]1Cc2ccccc2C12CCN(CC[C@]1(c3ccc(F)cc3)CN(C(=O)c3cc(C(F)(F)F)cc(C(F)(F)F)c3)CO1)CC2. The van der Waals surface area contributed by atoms with Crippen LogP contribution >= 0.6 is 0 Å². The lowest BCUT2D eigenvalue weighted by molar-refractivity contribution is -0.143. The molecule has 1 spiro atoms. The standard InChI is InChI=1S/C76H89F7N8O8/c1-84(36-16-6-9-26-68(92)86(3)44-45-88-39-31-62(32-40-88)91(72(96)97)66-25-15-13-22-63(66)54-18-7-5-8-19-54)50-56-21-10-12-23-64(56)71(95)87(4)38-17-37-85(2)69(93)51-98-67-48-55-20-11-14-24-65(55)73(67)33-41-89(42-34-73)43-35-74(58-27-29-61(77)30-28-58)52-90(53-99-74)70(94)57-46-59(75(78,79)80)49-60(47-57)76(81,82)83/h5,7-8,10-15,18-25,27-30,46-47,49,62,67H,6,9,16-17,26,31-45,48,50-53H2,1-4H3,(H,96,97)/t67-,74+/m0/s1. The summed E-state index contributed by atoms with van der Waals surface area (Å²) in [6.07, 6.45) is -4.48. The molecule has 10 rings (SSSR count). The number of benzene rings is 6. The predicted molar refractivity (Wildman–Crippen MR) is 363 cm³/mol. The fourth-order valence-corrected chi connectivity index (χ4v) is 14.6. The fourth-order valence-electron chi connectivity index (χ4n) is 14.6. The second kappa shape index (κ2) is 32.4. The number of fused-ring (bicyclic) bond motifs is 2. The third-order valence-corrected chi connectivity index (χ3v) is 20.4. The molecule has 6 aromatic rings. The van der Waals surface area contributed by atoms with Gasteiger partial charge in [0.2, 0.25) is 11.8 Å². The highest BCUT2D eigenvalue weighted by molar-refractivity contribution is 5.96.